The molecule has 2 N–H and O–H groups in total. The van der Waals surface area contributed by atoms with Crippen molar-refractivity contribution in [2.75, 3.05) is 18.5 Å². The van der Waals surface area contributed by atoms with Crippen LogP contribution >= 0.6 is 11.6 Å². The molecule has 0 saturated heterocycles. The number of amides is 2. The highest BCUT2D eigenvalue weighted by atomic mass is 35.5. The number of rotatable bonds is 6. The number of anilines is 1. The van der Waals surface area contributed by atoms with Gasteiger partial charge in [-0.3, -0.25) is 14.4 Å². The third kappa shape index (κ3) is 3.99. The standard InChI is InChI=1S/C20H24ClN3O4/c21-18-15(2-1-3-22-18)24-16(25)11-28-17(26)10-23-19(27)20-7-12-4-13(8-20)6-14(5-12)9-20/h1-3,12-14H,4-11H2,(H,23,27)(H,24,25). The van der Waals surface area contributed by atoms with Crippen LogP contribution in [0.25, 0.3) is 0 Å². The summed E-state index contributed by atoms with van der Waals surface area (Å²) in [6.07, 6.45) is 8.08. The fraction of sp³-hybridized carbons (Fsp3) is 0.600. The lowest BCUT2D eigenvalue weighted by Gasteiger charge is -2.55. The van der Waals surface area contributed by atoms with E-state index in [1.807, 2.05) is 0 Å². The molecule has 4 saturated carbocycles. The summed E-state index contributed by atoms with van der Waals surface area (Å²) in [5, 5.41) is 5.42. The molecule has 0 aromatic carbocycles. The van der Waals surface area contributed by atoms with Crippen molar-refractivity contribution in [1.82, 2.24) is 10.3 Å². The molecule has 28 heavy (non-hydrogen) atoms. The Morgan fingerprint density at radius 2 is 1.79 bits per heavy atom. The van der Waals surface area contributed by atoms with Crippen LogP contribution in [0.5, 0.6) is 0 Å². The predicted molar refractivity (Wildman–Crippen MR) is 102 cm³/mol. The van der Waals surface area contributed by atoms with Gasteiger partial charge in [0.2, 0.25) is 5.91 Å². The molecule has 1 aromatic heterocycles. The second-order valence-electron chi connectivity index (χ2n) is 8.43. The average molecular weight is 406 g/mol. The van der Waals surface area contributed by atoms with Gasteiger partial charge in [-0.2, -0.15) is 0 Å². The van der Waals surface area contributed by atoms with Gasteiger partial charge in [0.05, 0.1) is 5.69 Å². The molecule has 4 bridgehead atoms. The molecule has 0 unspecified atom stereocenters. The molecule has 4 fully saturated rings. The number of nitrogens with one attached hydrogen (secondary N) is 2. The summed E-state index contributed by atoms with van der Waals surface area (Å²) in [5.41, 5.74) is 0.0454. The fourth-order valence-corrected chi connectivity index (χ4v) is 5.76. The van der Waals surface area contributed by atoms with Crippen LogP contribution in [0.15, 0.2) is 18.3 Å². The number of ether oxygens (including phenoxy) is 1. The van der Waals surface area contributed by atoms with E-state index in [0.29, 0.717) is 23.4 Å². The van der Waals surface area contributed by atoms with Gasteiger partial charge in [-0.1, -0.05) is 11.6 Å². The van der Waals surface area contributed by atoms with Crippen molar-refractivity contribution >= 4 is 35.1 Å². The van der Waals surface area contributed by atoms with Crippen LogP contribution in [0.1, 0.15) is 38.5 Å². The van der Waals surface area contributed by atoms with E-state index in [1.165, 1.54) is 25.5 Å². The number of pyridine rings is 1. The lowest BCUT2D eigenvalue weighted by molar-refractivity contribution is -0.152. The maximum Gasteiger partial charge on any atom is 0.325 e. The lowest BCUT2D eigenvalue weighted by Crippen LogP contribution is -2.54. The van der Waals surface area contributed by atoms with E-state index in [9.17, 15) is 14.4 Å². The summed E-state index contributed by atoms with van der Waals surface area (Å²) in [6, 6.07) is 3.23. The topological polar surface area (TPSA) is 97.4 Å². The summed E-state index contributed by atoms with van der Waals surface area (Å²) in [4.78, 5) is 40.5. The zero-order valence-corrected chi connectivity index (χ0v) is 16.3. The van der Waals surface area contributed by atoms with Crippen molar-refractivity contribution in [1.29, 1.82) is 0 Å². The Kier molecular flexibility index (Phi) is 5.27. The summed E-state index contributed by atoms with van der Waals surface area (Å²) >= 11 is 5.86. The maximum atomic E-state index is 12.8. The van der Waals surface area contributed by atoms with Crippen LogP contribution in [-0.4, -0.2) is 35.9 Å². The van der Waals surface area contributed by atoms with E-state index in [-0.39, 0.29) is 23.0 Å². The number of hydrogen-bond acceptors (Lipinski definition) is 5. The molecular weight excluding hydrogens is 382 g/mol. The van der Waals surface area contributed by atoms with Crippen molar-refractivity contribution in [3.8, 4) is 0 Å². The van der Waals surface area contributed by atoms with Crippen LogP contribution in [0.2, 0.25) is 5.15 Å². The number of aromatic nitrogens is 1. The normalized spacial score (nSPS) is 30.0. The molecule has 0 radical (unpaired) electrons. The molecular formula is C20H24ClN3O4. The highest BCUT2D eigenvalue weighted by Gasteiger charge is 2.54. The summed E-state index contributed by atoms with van der Waals surface area (Å²) in [5.74, 6) is 0.794. The zero-order chi connectivity index (χ0) is 19.7. The van der Waals surface area contributed by atoms with Crippen molar-refractivity contribution in [3.05, 3.63) is 23.5 Å². The number of esters is 1. The molecule has 8 heteroatoms. The first-order valence-corrected chi connectivity index (χ1v) is 10.2. The first kappa shape index (κ1) is 19.2. The SMILES string of the molecule is O=C(COC(=O)CNC(=O)C12CC3CC(CC(C3)C1)C2)Nc1cccnc1Cl. The van der Waals surface area contributed by atoms with Crippen LogP contribution in [0.3, 0.4) is 0 Å². The predicted octanol–water partition coefficient (Wildman–Crippen LogP) is 2.55. The van der Waals surface area contributed by atoms with Gasteiger partial charge in [-0.15, -0.1) is 0 Å². The third-order valence-electron chi connectivity index (χ3n) is 6.31. The molecule has 7 nitrogen and oxygen atoms in total. The molecule has 1 heterocycles. The number of halogens is 1. The minimum absolute atomic E-state index is 0.0323. The Morgan fingerprint density at radius 1 is 1.14 bits per heavy atom. The van der Waals surface area contributed by atoms with Crippen LogP contribution in [-0.2, 0) is 19.1 Å². The Hall–Kier alpha value is -2.15. The second-order valence-corrected chi connectivity index (χ2v) is 8.79. The monoisotopic (exact) mass is 405 g/mol. The van der Waals surface area contributed by atoms with E-state index in [0.717, 1.165) is 19.3 Å². The summed E-state index contributed by atoms with van der Waals surface area (Å²) in [7, 11) is 0. The molecule has 0 aliphatic heterocycles. The van der Waals surface area contributed by atoms with Gasteiger partial charge in [0, 0.05) is 11.6 Å². The number of hydrogen-bond donors (Lipinski definition) is 2. The molecule has 150 valence electrons. The van der Waals surface area contributed by atoms with Gasteiger partial charge in [0.25, 0.3) is 5.91 Å². The average Bonchev–Trinajstić information content (AvgIpc) is 2.65. The van der Waals surface area contributed by atoms with Crippen LogP contribution < -0.4 is 10.6 Å². The molecule has 0 spiro atoms. The van der Waals surface area contributed by atoms with E-state index < -0.39 is 18.5 Å². The Labute approximate surface area is 168 Å². The highest BCUT2D eigenvalue weighted by molar-refractivity contribution is 6.32. The first-order chi connectivity index (χ1) is 13.4. The molecule has 0 atom stereocenters. The van der Waals surface area contributed by atoms with Gasteiger partial charge in [0.15, 0.2) is 11.8 Å². The highest BCUT2D eigenvalue weighted by Crippen LogP contribution is 2.60. The van der Waals surface area contributed by atoms with Crippen molar-refractivity contribution in [3.63, 3.8) is 0 Å². The van der Waals surface area contributed by atoms with Crippen molar-refractivity contribution in [2.24, 2.45) is 23.2 Å². The quantitative estimate of drug-likeness (QED) is 0.560. The zero-order valence-electron chi connectivity index (χ0n) is 15.6. The fourth-order valence-electron chi connectivity index (χ4n) is 5.59. The molecule has 5 rings (SSSR count). The number of carbonyl (C=O) groups is 3. The minimum atomic E-state index is -0.634. The second kappa shape index (κ2) is 7.70. The Bertz CT molecular complexity index is 762. The number of carbonyl (C=O) groups excluding carboxylic acids is 3. The smallest absolute Gasteiger partial charge is 0.325 e. The van der Waals surface area contributed by atoms with Crippen molar-refractivity contribution < 1.29 is 19.1 Å². The van der Waals surface area contributed by atoms with Gasteiger partial charge in [-0.05, 0) is 68.4 Å². The first-order valence-electron chi connectivity index (χ1n) is 9.78. The summed E-state index contributed by atoms with van der Waals surface area (Å²) in [6.45, 7) is -0.668. The van der Waals surface area contributed by atoms with Crippen LogP contribution in [0.4, 0.5) is 5.69 Å². The Morgan fingerprint density at radius 3 is 2.39 bits per heavy atom. The van der Waals surface area contributed by atoms with E-state index in [4.69, 9.17) is 16.3 Å². The Balaban J connectivity index is 1.22. The largest absolute Gasteiger partial charge is 0.454 e. The van der Waals surface area contributed by atoms with E-state index in [1.54, 1.807) is 12.1 Å². The molecule has 4 aliphatic rings. The lowest BCUT2D eigenvalue weighted by atomic mass is 9.49. The van der Waals surface area contributed by atoms with Crippen molar-refractivity contribution in [2.45, 2.75) is 38.5 Å². The minimum Gasteiger partial charge on any atom is -0.454 e. The van der Waals surface area contributed by atoms with Crippen LogP contribution in [0, 0.1) is 23.2 Å². The van der Waals surface area contributed by atoms with E-state index in [2.05, 4.69) is 15.6 Å². The van der Waals surface area contributed by atoms with E-state index >= 15 is 0 Å². The molecule has 4 aliphatic carbocycles. The van der Waals surface area contributed by atoms with Gasteiger partial charge in [0.1, 0.15) is 6.54 Å². The molecule has 2 amide bonds. The molecule has 1 aromatic rings. The maximum absolute atomic E-state index is 12.8. The summed E-state index contributed by atoms with van der Waals surface area (Å²) < 4.78 is 4.96. The third-order valence-corrected chi connectivity index (χ3v) is 6.61. The van der Waals surface area contributed by atoms with Gasteiger partial charge in [-0.25, -0.2) is 4.98 Å². The van der Waals surface area contributed by atoms with Gasteiger partial charge < -0.3 is 15.4 Å². The van der Waals surface area contributed by atoms with Gasteiger partial charge >= 0.3 is 5.97 Å². The number of nitrogens with zero attached hydrogens (tertiary/aromatic N) is 1.